The molecule has 0 heterocycles. The third-order valence-electron chi connectivity index (χ3n) is 4.30. The van der Waals surface area contributed by atoms with Gasteiger partial charge in [0.25, 0.3) is 0 Å². The van der Waals surface area contributed by atoms with Crippen molar-refractivity contribution in [3.63, 3.8) is 0 Å². The summed E-state index contributed by atoms with van der Waals surface area (Å²) in [6.07, 6.45) is 0.686. The molecule has 176 valence electrons. The van der Waals surface area contributed by atoms with Gasteiger partial charge in [0.2, 0.25) is 0 Å². The molecule has 1 aliphatic rings. The van der Waals surface area contributed by atoms with E-state index in [9.17, 15) is 43.2 Å². The lowest BCUT2D eigenvalue weighted by atomic mass is 9.77. The minimum Gasteiger partial charge on any atom is -0.380 e. The van der Waals surface area contributed by atoms with Crippen LogP contribution in [0.5, 0.6) is 0 Å². The van der Waals surface area contributed by atoms with Crippen molar-refractivity contribution in [1.29, 1.82) is 5.26 Å². The smallest absolute Gasteiger partial charge is 0.380 e. The maximum atomic E-state index is 12.8. The van der Waals surface area contributed by atoms with Crippen molar-refractivity contribution in [1.82, 2.24) is 0 Å². The molecule has 0 saturated carbocycles. The highest BCUT2D eigenvalue weighted by Crippen LogP contribution is 2.46. The van der Waals surface area contributed by atoms with Gasteiger partial charge >= 0.3 is 31.3 Å². The highest BCUT2D eigenvalue weighted by molar-refractivity contribution is 7.88. The third-order valence-corrected chi connectivity index (χ3v) is 6.23. The van der Waals surface area contributed by atoms with Crippen LogP contribution in [0.15, 0.2) is 47.9 Å². The molecule has 0 amide bonds. The summed E-state index contributed by atoms with van der Waals surface area (Å²) in [7, 11) is -12.5. The molecule has 0 saturated heterocycles. The van der Waals surface area contributed by atoms with Crippen molar-refractivity contribution < 1.29 is 51.5 Å². The number of rotatable bonds is 6. The highest BCUT2D eigenvalue weighted by atomic mass is 32.2. The van der Waals surface area contributed by atoms with Gasteiger partial charge in [-0.05, 0) is 49.6 Å². The highest BCUT2D eigenvalue weighted by Gasteiger charge is 2.54. The fourth-order valence-corrected chi connectivity index (χ4v) is 3.87. The first kappa shape index (κ1) is 25.5. The zero-order valence-corrected chi connectivity index (χ0v) is 17.5. The van der Waals surface area contributed by atoms with Crippen LogP contribution in [0.1, 0.15) is 24.5 Å². The van der Waals surface area contributed by atoms with Crippen molar-refractivity contribution in [2.24, 2.45) is 5.41 Å². The van der Waals surface area contributed by atoms with Gasteiger partial charge in [-0.15, -0.1) is 0 Å². The molecule has 0 spiro atoms. The van der Waals surface area contributed by atoms with E-state index in [2.05, 4.69) is 8.37 Å². The van der Waals surface area contributed by atoms with E-state index in [1.807, 2.05) is 0 Å². The standard InChI is InChI=1S/C17H13F6NO6S2/c1-15(9-11-5-7-12(10-24)8-6-11)13(29-31(25,26)16(18,19)20)3-2-4-14(15)30-32(27,28)17(21,22)23/h3-8H,2,9H2,1H3. The van der Waals surface area contributed by atoms with Crippen LogP contribution in [0.25, 0.3) is 0 Å². The Balaban J connectivity index is 2.56. The molecule has 0 bridgehead atoms. The first-order chi connectivity index (χ1) is 14.4. The molecule has 0 radical (unpaired) electrons. The summed E-state index contributed by atoms with van der Waals surface area (Å²) in [5.41, 5.74) is -13.5. The van der Waals surface area contributed by atoms with E-state index < -0.39 is 61.0 Å². The molecular weight excluding hydrogens is 492 g/mol. The van der Waals surface area contributed by atoms with Crippen molar-refractivity contribution in [3.8, 4) is 6.07 Å². The number of allylic oxidation sites excluding steroid dienone is 2. The quantitative estimate of drug-likeness (QED) is 0.326. The Hall–Kier alpha value is -2.73. The molecule has 0 aliphatic heterocycles. The third kappa shape index (κ3) is 5.18. The SMILES string of the molecule is CC1(Cc2ccc(C#N)cc2)C(OS(=O)(=O)C(F)(F)F)=CCC=C1OS(=O)(=O)C(F)(F)F. The fraction of sp³-hybridized carbons (Fsp3) is 0.353. The van der Waals surface area contributed by atoms with Gasteiger partial charge in [-0.25, -0.2) is 0 Å². The maximum Gasteiger partial charge on any atom is 0.534 e. The molecule has 7 nitrogen and oxygen atoms in total. The number of nitriles is 1. The van der Waals surface area contributed by atoms with Gasteiger partial charge in [0, 0.05) is 0 Å². The second-order valence-corrected chi connectivity index (χ2v) is 9.73. The van der Waals surface area contributed by atoms with Crippen molar-refractivity contribution in [2.75, 3.05) is 0 Å². The van der Waals surface area contributed by atoms with Crippen LogP contribution in [-0.4, -0.2) is 27.9 Å². The summed E-state index contributed by atoms with van der Waals surface area (Å²) in [5, 5.41) is 8.84. The summed E-state index contributed by atoms with van der Waals surface area (Å²) in [5.74, 6) is -1.96. The Morgan fingerprint density at radius 2 is 1.31 bits per heavy atom. The number of halogens is 6. The molecule has 0 fully saturated rings. The van der Waals surface area contributed by atoms with Gasteiger partial charge in [-0.1, -0.05) is 12.1 Å². The number of alkyl halides is 6. The Labute approximate surface area is 178 Å². The van der Waals surface area contributed by atoms with E-state index in [1.165, 1.54) is 24.3 Å². The van der Waals surface area contributed by atoms with E-state index in [0.717, 1.165) is 19.1 Å². The average Bonchev–Trinajstić information content (AvgIpc) is 2.64. The van der Waals surface area contributed by atoms with Crippen molar-refractivity contribution in [2.45, 2.75) is 30.8 Å². The second kappa shape index (κ2) is 8.32. The first-order valence-electron chi connectivity index (χ1n) is 8.35. The average molecular weight is 505 g/mol. The van der Waals surface area contributed by atoms with E-state index >= 15 is 0 Å². The molecule has 0 unspecified atom stereocenters. The van der Waals surface area contributed by atoms with Crippen LogP contribution in [0, 0.1) is 16.7 Å². The zero-order valence-electron chi connectivity index (χ0n) is 15.9. The Kier molecular flexibility index (Phi) is 6.64. The second-order valence-electron chi connectivity index (χ2n) is 6.66. The Bertz CT molecular complexity index is 1130. The molecule has 0 atom stereocenters. The lowest BCUT2D eigenvalue weighted by molar-refractivity contribution is -0.0546. The van der Waals surface area contributed by atoms with Gasteiger partial charge in [0.1, 0.15) is 11.5 Å². The van der Waals surface area contributed by atoms with Crippen LogP contribution < -0.4 is 0 Å². The minimum absolute atomic E-state index is 0.181. The summed E-state index contributed by atoms with van der Waals surface area (Å²) < 4.78 is 131. The van der Waals surface area contributed by atoms with Crippen LogP contribution in [0.3, 0.4) is 0 Å². The lowest BCUT2D eigenvalue weighted by Crippen LogP contribution is -2.36. The van der Waals surface area contributed by atoms with Gasteiger partial charge in [-0.2, -0.15) is 48.4 Å². The normalized spacial score (nSPS) is 17.1. The molecule has 1 aromatic rings. The monoisotopic (exact) mass is 505 g/mol. The molecule has 1 aliphatic carbocycles. The molecule has 0 N–H and O–H groups in total. The maximum absolute atomic E-state index is 12.8. The number of benzene rings is 1. The van der Waals surface area contributed by atoms with E-state index in [4.69, 9.17) is 5.26 Å². The molecule has 15 heteroatoms. The van der Waals surface area contributed by atoms with Gasteiger partial charge < -0.3 is 8.37 Å². The van der Waals surface area contributed by atoms with Crippen LogP contribution in [0.2, 0.25) is 0 Å². The Morgan fingerprint density at radius 3 is 1.66 bits per heavy atom. The predicted octanol–water partition coefficient (Wildman–Crippen LogP) is 4.01. The van der Waals surface area contributed by atoms with E-state index in [0.29, 0.717) is 0 Å². The number of nitrogens with zero attached hydrogens (tertiary/aromatic N) is 1. The number of hydrogen-bond donors (Lipinski definition) is 0. The summed E-state index contributed by atoms with van der Waals surface area (Å²) in [4.78, 5) is 0. The molecule has 32 heavy (non-hydrogen) atoms. The molecule has 1 aromatic carbocycles. The van der Waals surface area contributed by atoms with Gasteiger partial charge in [-0.3, -0.25) is 0 Å². The van der Waals surface area contributed by atoms with Crippen LogP contribution in [-0.2, 0) is 35.0 Å². The van der Waals surface area contributed by atoms with Crippen molar-refractivity contribution in [3.05, 3.63) is 59.1 Å². The van der Waals surface area contributed by atoms with Gasteiger partial charge in [0.05, 0.1) is 17.0 Å². The lowest BCUT2D eigenvalue weighted by Gasteiger charge is -2.35. The first-order valence-corrected chi connectivity index (χ1v) is 11.2. The minimum atomic E-state index is -6.23. The number of hydrogen-bond acceptors (Lipinski definition) is 7. The van der Waals surface area contributed by atoms with Gasteiger partial charge in [0.15, 0.2) is 0 Å². The predicted molar refractivity (Wildman–Crippen MR) is 95.9 cm³/mol. The topological polar surface area (TPSA) is 111 Å². The summed E-state index contributed by atoms with van der Waals surface area (Å²) in [6.45, 7) is 0.958. The van der Waals surface area contributed by atoms with Crippen LogP contribution >= 0.6 is 0 Å². The Morgan fingerprint density at radius 1 is 0.906 bits per heavy atom. The van der Waals surface area contributed by atoms with E-state index in [-0.39, 0.29) is 11.1 Å². The van der Waals surface area contributed by atoms with Crippen molar-refractivity contribution >= 4 is 20.2 Å². The largest absolute Gasteiger partial charge is 0.534 e. The van der Waals surface area contributed by atoms with Crippen LogP contribution in [0.4, 0.5) is 26.3 Å². The molecular formula is C17H13F6NO6S2. The molecule has 0 aromatic heterocycles. The fourth-order valence-electron chi connectivity index (χ4n) is 2.71. The zero-order chi connectivity index (χ0) is 24.6. The molecule has 2 rings (SSSR count). The van der Waals surface area contributed by atoms with E-state index in [1.54, 1.807) is 6.07 Å². The summed E-state index contributed by atoms with van der Waals surface area (Å²) in [6, 6.07) is 6.96. The summed E-state index contributed by atoms with van der Waals surface area (Å²) >= 11 is 0.